The lowest BCUT2D eigenvalue weighted by atomic mass is 10.0. The van der Waals surface area contributed by atoms with Crippen LogP contribution in [0.3, 0.4) is 0 Å². The second kappa shape index (κ2) is 5.65. The van der Waals surface area contributed by atoms with Gasteiger partial charge in [0.1, 0.15) is 5.82 Å². The molecule has 5 heteroatoms. The fraction of sp³-hybridized carbons (Fsp3) is 0.417. The van der Waals surface area contributed by atoms with Crippen molar-refractivity contribution >= 4 is 44.4 Å². The minimum absolute atomic E-state index is 0.136. The Balaban J connectivity index is 2.91. The zero-order valence-electron chi connectivity index (χ0n) is 9.85. The zero-order chi connectivity index (χ0) is 13.2. The number of rotatable bonds is 3. The molecule has 0 aliphatic heterocycles. The van der Waals surface area contributed by atoms with E-state index >= 15 is 0 Å². The third-order valence-corrected chi connectivity index (χ3v) is 4.64. The topological polar surface area (TPSA) is 29.1 Å². The summed E-state index contributed by atoms with van der Waals surface area (Å²) in [7, 11) is 0. The molecular weight excluding hydrogens is 400 g/mol. The SMILES string of the molecule is CC(Br)C(C)(C)NC(=O)c1ccc(F)cc1I. The molecule has 1 aromatic rings. The Hall–Kier alpha value is -0.170. The fourth-order valence-electron chi connectivity index (χ4n) is 1.13. The molecule has 1 rings (SSSR count). The lowest BCUT2D eigenvalue weighted by Crippen LogP contribution is -2.49. The van der Waals surface area contributed by atoms with E-state index < -0.39 is 0 Å². The van der Waals surface area contributed by atoms with Crippen LogP contribution in [0.2, 0.25) is 0 Å². The van der Waals surface area contributed by atoms with Gasteiger partial charge in [0.25, 0.3) is 5.91 Å². The minimum Gasteiger partial charge on any atom is -0.346 e. The molecule has 0 aromatic heterocycles. The van der Waals surface area contributed by atoms with Crippen LogP contribution >= 0.6 is 38.5 Å². The Bertz CT molecular complexity index is 435. The fourth-order valence-corrected chi connectivity index (χ4v) is 1.97. The Morgan fingerprint density at radius 1 is 1.53 bits per heavy atom. The van der Waals surface area contributed by atoms with E-state index in [4.69, 9.17) is 0 Å². The van der Waals surface area contributed by atoms with E-state index in [-0.39, 0.29) is 22.1 Å². The van der Waals surface area contributed by atoms with Crippen LogP contribution < -0.4 is 5.32 Å². The third-order valence-electron chi connectivity index (χ3n) is 2.61. The van der Waals surface area contributed by atoms with Crippen molar-refractivity contribution in [1.29, 1.82) is 0 Å². The molecule has 0 aliphatic carbocycles. The zero-order valence-corrected chi connectivity index (χ0v) is 13.6. The van der Waals surface area contributed by atoms with Gasteiger partial charge in [0.05, 0.1) is 5.56 Å². The molecule has 17 heavy (non-hydrogen) atoms. The molecule has 1 amide bonds. The van der Waals surface area contributed by atoms with E-state index in [0.717, 1.165) is 0 Å². The number of alkyl halides is 1. The van der Waals surface area contributed by atoms with Crippen molar-refractivity contribution in [1.82, 2.24) is 5.32 Å². The molecule has 0 saturated heterocycles. The molecule has 0 bridgehead atoms. The van der Waals surface area contributed by atoms with Gasteiger partial charge in [0.2, 0.25) is 0 Å². The van der Waals surface area contributed by atoms with E-state index in [9.17, 15) is 9.18 Å². The number of halogens is 3. The molecule has 0 heterocycles. The summed E-state index contributed by atoms with van der Waals surface area (Å²) in [6.07, 6.45) is 0. The average molecular weight is 414 g/mol. The van der Waals surface area contributed by atoms with Crippen LogP contribution in [-0.4, -0.2) is 16.3 Å². The van der Waals surface area contributed by atoms with E-state index in [2.05, 4.69) is 21.2 Å². The van der Waals surface area contributed by atoms with E-state index in [1.807, 2.05) is 43.4 Å². The summed E-state index contributed by atoms with van der Waals surface area (Å²) in [6, 6.07) is 4.14. The van der Waals surface area contributed by atoms with Crippen molar-refractivity contribution in [3.63, 3.8) is 0 Å². The molecule has 2 nitrogen and oxygen atoms in total. The molecule has 1 unspecified atom stereocenters. The highest BCUT2D eigenvalue weighted by Gasteiger charge is 2.26. The smallest absolute Gasteiger partial charge is 0.252 e. The quantitative estimate of drug-likeness (QED) is 0.593. The minimum atomic E-state index is -0.367. The van der Waals surface area contributed by atoms with Crippen LogP contribution in [0.5, 0.6) is 0 Å². The molecule has 94 valence electrons. The summed E-state index contributed by atoms with van der Waals surface area (Å²) >= 11 is 5.41. The van der Waals surface area contributed by atoms with Crippen molar-refractivity contribution in [2.24, 2.45) is 0 Å². The average Bonchev–Trinajstić information content (AvgIpc) is 2.15. The Labute approximate surface area is 123 Å². The first-order chi connectivity index (χ1) is 7.74. The second-order valence-electron chi connectivity index (χ2n) is 4.42. The summed E-state index contributed by atoms with van der Waals surface area (Å²) in [5.74, 6) is -0.523. The van der Waals surface area contributed by atoms with Crippen LogP contribution in [0.25, 0.3) is 0 Å². The summed E-state index contributed by atoms with van der Waals surface area (Å²) in [4.78, 5) is 12.2. The molecule has 0 saturated carbocycles. The van der Waals surface area contributed by atoms with Gasteiger partial charge >= 0.3 is 0 Å². The lowest BCUT2D eigenvalue weighted by molar-refractivity contribution is 0.0913. The molecular formula is C12H14BrFINO. The number of hydrogen-bond donors (Lipinski definition) is 1. The van der Waals surface area contributed by atoms with Crippen molar-refractivity contribution in [3.8, 4) is 0 Å². The summed E-state index contributed by atoms with van der Waals surface area (Å²) in [5, 5.41) is 2.92. The summed E-state index contributed by atoms with van der Waals surface area (Å²) in [6.45, 7) is 5.83. The van der Waals surface area contributed by atoms with E-state index in [0.29, 0.717) is 9.13 Å². The van der Waals surface area contributed by atoms with Gasteiger partial charge in [-0.05, 0) is 54.6 Å². The molecule has 0 radical (unpaired) electrons. The van der Waals surface area contributed by atoms with Gasteiger partial charge in [-0.2, -0.15) is 0 Å². The van der Waals surface area contributed by atoms with E-state index in [1.54, 1.807) is 0 Å². The molecule has 0 spiro atoms. The lowest BCUT2D eigenvalue weighted by Gasteiger charge is -2.29. The number of benzene rings is 1. The first kappa shape index (κ1) is 14.9. The van der Waals surface area contributed by atoms with Gasteiger partial charge in [0, 0.05) is 13.9 Å². The van der Waals surface area contributed by atoms with Gasteiger partial charge < -0.3 is 5.32 Å². The molecule has 1 N–H and O–H groups in total. The highest BCUT2D eigenvalue weighted by molar-refractivity contribution is 14.1. The van der Waals surface area contributed by atoms with Crippen LogP contribution in [0.4, 0.5) is 4.39 Å². The van der Waals surface area contributed by atoms with Gasteiger partial charge in [-0.1, -0.05) is 22.9 Å². The van der Waals surface area contributed by atoms with Gasteiger partial charge in [0.15, 0.2) is 0 Å². The number of hydrogen-bond acceptors (Lipinski definition) is 1. The molecule has 1 aromatic carbocycles. The highest BCUT2D eigenvalue weighted by atomic mass is 127. The monoisotopic (exact) mass is 413 g/mol. The first-order valence-electron chi connectivity index (χ1n) is 5.15. The summed E-state index contributed by atoms with van der Waals surface area (Å²) < 4.78 is 13.5. The predicted octanol–water partition coefficient (Wildman–Crippen LogP) is 3.72. The van der Waals surface area contributed by atoms with Crippen molar-refractivity contribution in [2.45, 2.75) is 31.1 Å². The highest BCUT2D eigenvalue weighted by Crippen LogP contribution is 2.19. The molecule has 1 atom stereocenters. The molecule has 0 fully saturated rings. The van der Waals surface area contributed by atoms with Gasteiger partial charge in [-0.3, -0.25) is 4.79 Å². The number of amides is 1. The summed E-state index contributed by atoms with van der Waals surface area (Å²) in [5.41, 5.74) is 0.127. The Morgan fingerprint density at radius 3 is 2.59 bits per heavy atom. The van der Waals surface area contributed by atoms with Gasteiger partial charge in [-0.25, -0.2) is 4.39 Å². The molecule has 0 aliphatic rings. The maximum absolute atomic E-state index is 12.9. The van der Waals surface area contributed by atoms with Crippen LogP contribution in [0, 0.1) is 9.39 Å². The Kier molecular flexibility index (Phi) is 4.95. The number of carbonyl (C=O) groups excluding carboxylic acids is 1. The number of nitrogens with one attached hydrogen (secondary N) is 1. The second-order valence-corrected chi connectivity index (χ2v) is 6.95. The van der Waals surface area contributed by atoms with E-state index in [1.165, 1.54) is 18.2 Å². The van der Waals surface area contributed by atoms with Crippen LogP contribution in [0.15, 0.2) is 18.2 Å². The first-order valence-corrected chi connectivity index (χ1v) is 7.15. The number of carbonyl (C=O) groups is 1. The normalized spacial score (nSPS) is 13.3. The van der Waals surface area contributed by atoms with Crippen LogP contribution in [0.1, 0.15) is 31.1 Å². The largest absolute Gasteiger partial charge is 0.346 e. The van der Waals surface area contributed by atoms with Gasteiger partial charge in [-0.15, -0.1) is 0 Å². The third kappa shape index (κ3) is 3.91. The maximum atomic E-state index is 12.9. The Morgan fingerprint density at radius 2 is 2.12 bits per heavy atom. The standard InChI is InChI=1S/C12H14BrFINO/c1-7(13)12(2,3)16-11(17)9-5-4-8(14)6-10(9)15/h4-7H,1-3H3,(H,16,17). The predicted molar refractivity (Wildman–Crippen MR) is 79.1 cm³/mol. The van der Waals surface area contributed by atoms with Crippen molar-refractivity contribution in [2.75, 3.05) is 0 Å². The maximum Gasteiger partial charge on any atom is 0.252 e. The van der Waals surface area contributed by atoms with Crippen molar-refractivity contribution < 1.29 is 9.18 Å². The van der Waals surface area contributed by atoms with Crippen LogP contribution in [-0.2, 0) is 0 Å². The van der Waals surface area contributed by atoms with Crippen molar-refractivity contribution in [3.05, 3.63) is 33.1 Å².